The van der Waals surface area contributed by atoms with Crippen LogP contribution in [0.2, 0.25) is 0 Å². The Hall–Kier alpha value is -2.50. The monoisotopic (exact) mass is 351 g/mol. The summed E-state index contributed by atoms with van der Waals surface area (Å²) in [5.74, 6) is 0.735. The lowest BCUT2D eigenvalue weighted by atomic mass is 10.0. The van der Waals surface area contributed by atoms with Gasteiger partial charge in [-0.3, -0.25) is 4.79 Å². The maximum atomic E-state index is 12.5. The maximum Gasteiger partial charge on any atom is 0.224 e. The first kappa shape index (κ1) is 16.0. The highest BCUT2D eigenvalue weighted by Crippen LogP contribution is 2.41. The van der Waals surface area contributed by atoms with Crippen LogP contribution in [-0.4, -0.2) is 23.4 Å². The van der Waals surface area contributed by atoms with Gasteiger partial charge in [0.25, 0.3) is 0 Å². The van der Waals surface area contributed by atoms with Crippen molar-refractivity contribution >= 4 is 33.3 Å². The molecule has 0 bridgehead atoms. The number of fused-ring (bicyclic) bond motifs is 3. The largest absolute Gasteiger partial charge is 0.497 e. The van der Waals surface area contributed by atoms with Crippen molar-refractivity contribution in [1.82, 2.24) is 0 Å². The molecule has 3 aromatic carbocycles. The van der Waals surface area contributed by atoms with E-state index in [1.807, 2.05) is 60.7 Å². The van der Waals surface area contributed by atoms with Crippen molar-refractivity contribution in [1.29, 1.82) is 0 Å². The highest BCUT2D eigenvalue weighted by Gasteiger charge is 2.33. The molecule has 0 saturated heterocycles. The molecule has 0 fully saturated rings. The summed E-state index contributed by atoms with van der Waals surface area (Å²) in [6.07, 6.45) is -1.13. The minimum absolute atomic E-state index is 0.262. The van der Waals surface area contributed by atoms with Crippen molar-refractivity contribution < 1.29 is 14.6 Å². The van der Waals surface area contributed by atoms with Crippen LogP contribution in [0.4, 0.5) is 5.69 Å². The van der Waals surface area contributed by atoms with Crippen LogP contribution in [-0.2, 0) is 4.79 Å². The highest BCUT2D eigenvalue weighted by atomic mass is 32.2. The molecule has 4 rings (SSSR count). The van der Waals surface area contributed by atoms with Crippen LogP contribution in [0, 0.1) is 0 Å². The van der Waals surface area contributed by atoms with Gasteiger partial charge in [0.1, 0.15) is 11.9 Å². The minimum Gasteiger partial charge on any atom is -0.497 e. The minimum atomic E-state index is -1.13. The fraction of sp³-hybridized carbons (Fsp3) is 0.150. The van der Waals surface area contributed by atoms with Crippen LogP contribution in [0.1, 0.15) is 11.6 Å². The van der Waals surface area contributed by atoms with E-state index in [1.165, 1.54) is 0 Å². The average Bonchev–Trinajstić information content (AvgIpc) is 2.79. The number of thioether (sulfide) groups is 1. The van der Waals surface area contributed by atoms with E-state index < -0.39 is 12.1 Å². The van der Waals surface area contributed by atoms with Gasteiger partial charge < -0.3 is 15.2 Å². The molecule has 5 heteroatoms. The van der Waals surface area contributed by atoms with Crippen LogP contribution >= 0.6 is 11.8 Å². The first-order chi connectivity index (χ1) is 12.2. The molecule has 4 nitrogen and oxygen atoms in total. The smallest absolute Gasteiger partial charge is 0.224 e. The van der Waals surface area contributed by atoms with Gasteiger partial charge in [0.05, 0.1) is 18.8 Å². The van der Waals surface area contributed by atoms with Gasteiger partial charge in [0.15, 0.2) is 0 Å². The summed E-state index contributed by atoms with van der Waals surface area (Å²) in [5.41, 5.74) is 1.72. The SMILES string of the molecule is COc1ccc([C@H]2Nc3c(ccc4ccccc34)SC(=O)[C@@H]2O)cc1. The molecule has 3 aromatic rings. The molecule has 0 spiro atoms. The van der Waals surface area contributed by atoms with Crippen molar-refractivity contribution in [3.05, 3.63) is 66.2 Å². The number of hydrogen-bond acceptors (Lipinski definition) is 5. The third-order valence-electron chi connectivity index (χ3n) is 4.43. The number of ether oxygens (including phenoxy) is 1. The summed E-state index contributed by atoms with van der Waals surface area (Å²) >= 11 is 1.09. The molecule has 1 aliphatic rings. The second-order valence-electron chi connectivity index (χ2n) is 5.92. The fourth-order valence-electron chi connectivity index (χ4n) is 3.10. The number of aliphatic hydroxyl groups excluding tert-OH is 1. The lowest BCUT2D eigenvalue weighted by Gasteiger charge is -2.23. The fourth-order valence-corrected chi connectivity index (χ4v) is 3.98. The van der Waals surface area contributed by atoms with Gasteiger partial charge in [0, 0.05) is 10.3 Å². The van der Waals surface area contributed by atoms with E-state index in [-0.39, 0.29) is 5.12 Å². The second-order valence-corrected chi connectivity index (χ2v) is 6.97. The second kappa shape index (κ2) is 6.43. The summed E-state index contributed by atoms with van der Waals surface area (Å²) in [6.45, 7) is 0. The number of benzene rings is 3. The number of aliphatic hydroxyl groups is 1. The Bertz CT molecular complexity index is 939. The molecule has 0 radical (unpaired) electrons. The van der Waals surface area contributed by atoms with E-state index in [1.54, 1.807) is 7.11 Å². The molecule has 1 heterocycles. The average molecular weight is 351 g/mol. The Morgan fingerprint density at radius 3 is 2.56 bits per heavy atom. The van der Waals surface area contributed by atoms with Gasteiger partial charge >= 0.3 is 0 Å². The number of carbonyl (C=O) groups is 1. The number of hydrogen-bond donors (Lipinski definition) is 2. The highest BCUT2D eigenvalue weighted by molar-refractivity contribution is 8.14. The first-order valence-electron chi connectivity index (χ1n) is 7.99. The molecule has 25 heavy (non-hydrogen) atoms. The zero-order valence-electron chi connectivity index (χ0n) is 13.6. The molecule has 0 amide bonds. The van der Waals surface area contributed by atoms with Crippen LogP contribution in [0.3, 0.4) is 0 Å². The van der Waals surface area contributed by atoms with Crippen LogP contribution in [0.15, 0.2) is 65.6 Å². The number of methoxy groups -OCH3 is 1. The van der Waals surface area contributed by atoms with Crippen molar-refractivity contribution in [2.75, 3.05) is 12.4 Å². The Labute approximate surface area is 149 Å². The molecule has 126 valence electrons. The Kier molecular flexibility index (Phi) is 4.11. The van der Waals surface area contributed by atoms with Gasteiger partial charge in [-0.15, -0.1) is 0 Å². The zero-order valence-corrected chi connectivity index (χ0v) is 14.4. The first-order valence-corrected chi connectivity index (χ1v) is 8.81. The van der Waals surface area contributed by atoms with E-state index in [0.717, 1.165) is 44.4 Å². The molecule has 0 aliphatic carbocycles. The van der Waals surface area contributed by atoms with Crippen molar-refractivity contribution in [3.8, 4) is 5.75 Å². The van der Waals surface area contributed by atoms with E-state index in [4.69, 9.17) is 4.74 Å². The Balaban J connectivity index is 1.83. The standard InChI is InChI=1S/C20H17NO3S/c1-24-14-9-6-13(7-10-14)17-19(22)20(23)25-16-11-8-12-4-2-3-5-15(12)18(16)21-17/h2-11,17,19,21-22H,1H3/t17-,19-/m1/s1. The number of nitrogens with one attached hydrogen (secondary N) is 1. The maximum absolute atomic E-state index is 12.5. The lowest BCUT2D eigenvalue weighted by molar-refractivity contribution is -0.118. The summed E-state index contributed by atoms with van der Waals surface area (Å²) in [4.78, 5) is 13.3. The van der Waals surface area contributed by atoms with Gasteiger partial charge in [-0.25, -0.2) is 0 Å². The molecular weight excluding hydrogens is 334 g/mol. The normalized spacial score (nSPS) is 19.8. The summed E-state index contributed by atoms with van der Waals surface area (Å²) in [6, 6.07) is 18.8. The van der Waals surface area contributed by atoms with Gasteiger partial charge in [-0.05, 0) is 40.9 Å². The van der Waals surface area contributed by atoms with E-state index in [9.17, 15) is 9.90 Å². The van der Waals surface area contributed by atoms with E-state index in [0.29, 0.717) is 0 Å². The number of anilines is 1. The van der Waals surface area contributed by atoms with Crippen molar-refractivity contribution in [2.45, 2.75) is 17.0 Å². The molecule has 2 atom stereocenters. The van der Waals surface area contributed by atoms with Crippen molar-refractivity contribution in [3.63, 3.8) is 0 Å². The molecule has 0 aromatic heterocycles. The molecule has 1 aliphatic heterocycles. The van der Waals surface area contributed by atoms with Gasteiger partial charge in [0.2, 0.25) is 5.12 Å². The third-order valence-corrected chi connectivity index (χ3v) is 5.44. The Morgan fingerprint density at radius 2 is 1.80 bits per heavy atom. The van der Waals surface area contributed by atoms with Crippen LogP contribution in [0.25, 0.3) is 10.8 Å². The lowest BCUT2D eigenvalue weighted by Crippen LogP contribution is -2.29. The van der Waals surface area contributed by atoms with Crippen LogP contribution < -0.4 is 10.1 Å². The predicted octanol–water partition coefficient (Wildman–Crippen LogP) is 3.99. The predicted molar refractivity (Wildman–Crippen MR) is 100 cm³/mol. The summed E-state index contributed by atoms with van der Waals surface area (Å²) in [7, 11) is 1.61. The van der Waals surface area contributed by atoms with Gasteiger partial charge in [-0.2, -0.15) is 0 Å². The van der Waals surface area contributed by atoms with E-state index in [2.05, 4.69) is 5.32 Å². The zero-order chi connectivity index (χ0) is 17.4. The summed E-state index contributed by atoms with van der Waals surface area (Å²) < 4.78 is 5.19. The number of rotatable bonds is 2. The topological polar surface area (TPSA) is 58.6 Å². The quantitative estimate of drug-likeness (QED) is 0.731. The van der Waals surface area contributed by atoms with Crippen molar-refractivity contribution in [2.24, 2.45) is 0 Å². The summed E-state index contributed by atoms with van der Waals surface area (Å²) in [5, 5.41) is 15.8. The third kappa shape index (κ3) is 2.86. The molecule has 0 unspecified atom stereocenters. The van der Waals surface area contributed by atoms with Crippen LogP contribution in [0.5, 0.6) is 5.75 Å². The molecular formula is C20H17NO3S. The van der Waals surface area contributed by atoms with Gasteiger partial charge in [-0.1, -0.05) is 42.5 Å². The molecule has 2 N–H and O–H groups in total. The Morgan fingerprint density at radius 1 is 1.04 bits per heavy atom. The molecule has 0 saturated carbocycles. The number of carbonyl (C=O) groups excluding carboxylic acids is 1. The van der Waals surface area contributed by atoms with E-state index >= 15 is 0 Å².